The molecule has 0 bridgehead atoms. The predicted molar refractivity (Wildman–Crippen MR) is 76.3 cm³/mol. The average Bonchev–Trinajstić information content (AvgIpc) is 2.33. The molecule has 0 saturated heterocycles. The van der Waals surface area contributed by atoms with Crippen LogP contribution in [0.25, 0.3) is 0 Å². The fourth-order valence-electron chi connectivity index (χ4n) is 1.91. The average molecular weight is 293 g/mol. The van der Waals surface area contributed by atoms with E-state index in [4.69, 9.17) is 0 Å². The normalized spacial score (nSPS) is 13.8. The molecule has 1 atom stereocenters. The van der Waals surface area contributed by atoms with Crippen molar-refractivity contribution < 1.29 is 17.9 Å². The van der Waals surface area contributed by atoms with Crippen LogP contribution < -0.4 is 4.72 Å². The Labute approximate surface area is 117 Å². The van der Waals surface area contributed by atoms with Gasteiger partial charge in [-0.05, 0) is 18.3 Å². The van der Waals surface area contributed by atoms with E-state index in [9.17, 15) is 13.2 Å². The van der Waals surface area contributed by atoms with E-state index in [0.717, 1.165) is 12.8 Å². The first-order valence-electron chi connectivity index (χ1n) is 6.83. The molecule has 0 amide bonds. The van der Waals surface area contributed by atoms with Crippen LogP contribution in [-0.4, -0.2) is 33.3 Å². The largest absolute Gasteiger partial charge is 0.468 e. The van der Waals surface area contributed by atoms with Gasteiger partial charge in [-0.2, -0.15) is 0 Å². The fraction of sp³-hybridized carbons (Fsp3) is 0.923. The van der Waals surface area contributed by atoms with E-state index >= 15 is 0 Å². The third-order valence-corrected chi connectivity index (χ3v) is 4.68. The number of esters is 1. The summed E-state index contributed by atoms with van der Waals surface area (Å²) in [7, 11) is -2.19. The van der Waals surface area contributed by atoms with Gasteiger partial charge in [-0.25, -0.2) is 13.1 Å². The van der Waals surface area contributed by atoms with Crippen LogP contribution in [0.3, 0.4) is 0 Å². The molecule has 114 valence electrons. The van der Waals surface area contributed by atoms with E-state index in [-0.39, 0.29) is 17.6 Å². The van der Waals surface area contributed by atoms with Gasteiger partial charge >= 0.3 is 5.97 Å². The number of sulfonamides is 1. The zero-order valence-corrected chi connectivity index (χ0v) is 13.4. The van der Waals surface area contributed by atoms with Crippen molar-refractivity contribution in [3.63, 3.8) is 0 Å². The van der Waals surface area contributed by atoms with Crippen molar-refractivity contribution in [2.45, 2.75) is 53.0 Å². The molecule has 6 heteroatoms. The summed E-state index contributed by atoms with van der Waals surface area (Å²) < 4.78 is 31.2. The molecule has 0 aliphatic heterocycles. The number of ether oxygens (including phenoxy) is 1. The first kappa shape index (κ1) is 18.4. The Morgan fingerprint density at radius 1 is 1.21 bits per heavy atom. The minimum Gasteiger partial charge on any atom is -0.468 e. The molecule has 1 unspecified atom stereocenters. The fourth-order valence-corrected chi connectivity index (χ4v) is 3.72. The summed E-state index contributed by atoms with van der Waals surface area (Å²) in [6.45, 7) is 7.81. The molecule has 0 radical (unpaired) electrons. The summed E-state index contributed by atoms with van der Waals surface area (Å²) >= 11 is 0. The molecular weight excluding hydrogens is 266 g/mol. The second-order valence-corrected chi connectivity index (χ2v) is 7.09. The standard InChI is InChI=1S/C13H27NO4S/c1-6-11(7-2)9-19(16,17)14-12(8-10(3)4)13(15)18-5/h10-12,14H,6-9H2,1-5H3. The Kier molecular flexibility index (Phi) is 8.25. The Morgan fingerprint density at radius 3 is 2.11 bits per heavy atom. The topological polar surface area (TPSA) is 72.5 Å². The maximum atomic E-state index is 12.1. The summed E-state index contributed by atoms with van der Waals surface area (Å²) in [6, 6.07) is -0.788. The predicted octanol–water partition coefficient (Wildman–Crippen LogP) is 1.93. The smallest absolute Gasteiger partial charge is 0.323 e. The summed E-state index contributed by atoms with van der Waals surface area (Å²) in [6.07, 6.45) is 2.06. The van der Waals surface area contributed by atoms with E-state index in [1.54, 1.807) is 0 Å². The van der Waals surface area contributed by atoms with Crippen LogP contribution in [0.5, 0.6) is 0 Å². The number of methoxy groups -OCH3 is 1. The molecule has 0 aromatic rings. The lowest BCUT2D eigenvalue weighted by Crippen LogP contribution is -2.44. The molecule has 0 heterocycles. The number of carbonyl (C=O) groups is 1. The van der Waals surface area contributed by atoms with Gasteiger partial charge in [0.2, 0.25) is 10.0 Å². The number of hydrogen-bond acceptors (Lipinski definition) is 4. The van der Waals surface area contributed by atoms with E-state index < -0.39 is 22.0 Å². The van der Waals surface area contributed by atoms with Gasteiger partial charge in [0.1, 0.15) is 6.04 Å². The highest BCUT2D eigenvalue weighted by molar-refractivity contribution is 7.89. The molecule has 0 aliphatic rings. The van der Waals surface area contributed by atoms with Gasteiger partial charge in [0, 0.05) is 0 Å². The molecule has 0 fully saturated rings. The van der Waals surface area contributed by atoms with Gasteiger partial charge in [0.15, 0.2) is 0 Å². The van der Waals surface area contributed by atoms with Gasteiger partial charge in [-0.15, -0.1) is 0 Å². The molecule has 0 rings (SSSR count). The maximum absolute atomic E-state index is 12.1. The van der Waals surface area contributed by atoms with Crippen molar-refractivity contribution in [1.29, 1.82) is 0 Å². The van der Waals surface area contributed by atoms with Crippen LogP contribution in [0.2, 0.25) is 0 Å². The highest BCUT2D eigenvalue weighted by Gasteiger charge is 2.27. The molecule has 1 N–H and O–H groups in total. The molecular formula is C13H27NO4S. The van der Waals surface area contributed by atoms with Crippen LogP contribution in [-0.2, 0) is 19.6 Å². The lowest BCUT2D eigenvalue weighted by Gasteiger charge is -2.20. The molecule has 0 spiro atoms. The third kappa shape index (κ3) is 7.52. The van der Waals surface area contributed by atoms with Crippen LogP contribution in [0.4, 0.5) is 0 Å². The van der Waals surface area contributed by atoms with Gasteiger partial charge in [0.05, 0.1) is 12.9 Å². The number of nitrogens with one attached hydrogen (secondary N) is 1. The number of hydrogen-bond donors (Lipinski definition) is 1. The first-order valence-corrected chi connectivity index (χ1v) is 8.48. The summed E-state index contributed by atoms with van der Waals surface area (Å²) in [5.41, 5.74) is 0. The van der Waals surface area contributed by atoms with Crippen LogP contribution >= 0.6 is 0 Å². The van der Waals surface area contributed by atoms with Gasteiger partial charge in [-0.1, -0.05) is 40.5 Å². The van der Waals surface area contributed by atoms with Crippen molar-refractivity contribution in [2.75, 3.05) is 12.9 Å². The van der Waals surface area contributed by atoms with E-state index in [0.29, 0.717) is 6.42 Å². The minimum absolute atomic E-state index is 0.0611. The molecule has 0 aliphatic carbocycles. The molecule has 0 aromatic heterocycles. The molecule has 19 heavy (non-hydrogen) atoms. The second-order valence-electron chi connectivity index (χ2n) is 5.29. The van der Waals surface area contributed by atoms with E-state index in [2.05, 4.69) is 9.46 Å². The van der Waals surface area contributed by atoms with Crippen molar-refractivity contribution >= 4 is 16.0 Å². The minimum atomic E-state index is -3.46. The molecule has 5 nitrogen and oxygen atoms in total. The Morgan fingerprint density at radius 2 is 1.74 bits per heavy atom. The van der Waals surface area contributed by atoms with Crippen molar-refractivity contribution in [1.82, 2.24) is 4.72 Å². The highest BCUT2D eigenvalue weighted by atomic mass is 32.2. The second kappa shape index (κ2) is 8.53. The van der Waals surface area contributed by atoms with Gasteiger partial charge in [-0.3, -0.25) is 4.79 Å². The number of carbonyl (C=O) groups excluding carboxylic acids is 1. The summed E-state index contributed by atoms with van der Waals surface area (Å²) in [4.78, 5) is 11.6. The molecule has 0 aromatic carbocycles. The SMILES string of the molecule is CCC(CC)CS(=O)(=O)NC(CC(C)C)C(=O)OC. The van der Waals surface area contributed by atoms with Crippen LogP contribution in [0, 0.1) is 11.8 Å². The Hall–Kier alpha value is -0.620. The summed E-state index contributed by atoms with van der Waals surface area (Å²) in [5.74, 6) is -0.136. The van der Waals surface area contributed by atoms with Crippen LogP contribution in [0.15, 0.2) is 0 Å². The third-order valence-electron chi connectivity index (χ3n) is 3.12. The van der Waals surface area contributed by atoms with Crippen molar-refractivity contribution in [3.8, 4) is 0 Å². The Bertz CT molecular complexity index is 361. The highest BCUT2D eigenvalue weighted by Crippen LogP contribution is 2.12. The maximum Gasteiger partial charge on any atom is 0.323 e. The monoisotopic (exact) mass is 293 g/mol. The van der Waals surface area contributed by atoms with Crippen LogP contribution in [0.1, 0.15) is 47.0 Å². The van der Waals surface area contributed by atoms with Gasteiger partial charge in [0.25, 0.3) is 0 Å². The lowest BCUT2D eigenvalue weighted by atomic mass is 10.1. The zero-order chi connectivity index (χ0) is 15.1. The summed E-state index contributed by atoms with van der Waals surface area (Å²) in [5, 5.41) is 0. The zero-order valence-electron chi connectivity index (χ0n) is 12.6. The van der Waals surface area contributed by atoms with E-state index in [1.165, 1.54) is 7.11 Å². The Balaban J connectivity index is 4.76. The van der Waals surface area contributed by atoms with Crippen molar-refractivity contribution in [3.05, 3.63) is 0 Å². The lowest BCUT2D eigenvalue weighted by molar-refractivity contribution is -0.143. The van der Waals surface area contributed by atoms with Crippen molar-refractivity contribution in [2.24, 2.45) is 11.8 Å². The van der Waals surface area contributed by atoms with E-state index in [1.807, 2.05) is 27.7 Å². The quantitative estimate of drug-likeness (QED) is 0.659. The number of rotatable bonds is 9. The van der Waals surface area contributed by atoms with Gasteiger partial charge < -0.3 is 4.74 Å². The first-order chi connectivity index (χ1) is 8.75. The molecule has 0 saturated carbocycles.